The van der Waals surface area contributed by atoms with Gasteiger partial charge in [-0.15, -0.1) is 5.10 Å². The van der Waals surface area contributed by atoms with Gasteiger partial charge < -0.3 is 14.6 Å². The molecule has 11 heteroatoms. The number of phenols is 1. The molecule has 0 radical (unpaired) electrons. The number of aromatic hydroxyl groups is 1. The zero-order valence-corrected chi connectivity index (χ0v) is 21.0. The maximum atomic E-state index is 12.5. The average Bonchev–Trinajstić information content (AvgIpc) is 3.33. The normalized spacial score (nSPS) is 11.0. The van der Waals surface area contributed by atoms with Gasteiger partial charge in [-0.3, -0.25) is 4.79 Å². The average molecular weight is 525 g/mol. The Morgan fingerprint density at radius 2 is 1.81 bits per heavy atom. The second kappa shape index (κ2) is 11.6. The first-order chi connectivity index (χ1) is 17.5. The third-order valence-electron chi connectivity index (χ3n) is 5.04. The van der Waals surface area contributed by atoms with Gasteiger partial charge >= 0.3 is 5.16 Å². The predicted molar refractivity (Wildman–Crippen MR) is 138 cm³/mol. The van der Waals surface area contributed by atoms with E-state index in [1.165, 1.54) is 32.2 Å². The number of hydrogen-bond donors (Lipinski definition) is 3. The first-order valence-electron chi connectivity index (χ1n) is 10.7. The fourth-order valence-electron chi connectivity index (χ4n) is 3.34. The lowest BCUT2D eigenvalue weighted by atomic mass is 10.2. The monoisotopic (exact) mass is 524 g/mol. The van der Waals surface area contributed by atoms with Gasteiger partial charge in [-0.1, -0.05) is 29.8 Å². The molecule has 3 N–H and O–H groups in total. The molecule has 0 spiro atoms. The standard InChI is InChI=1S/C25H22ClN5O4S/c1-34-20-12-16(13-21(35-2)23(20)33)14-27-28-22(32)15-36-25-30-29-24(17-6-4-3-5-7-17)31(25)19-10-8-18(26)9-11-19/h3-14H,15H2,1-2H3,(H2,27,28,32,33)/p+1. The second-order valence-electron chi connectivity index (χ2n) is 7.39. The van der Waals surface area contributed by atoms with Crippen LogP contribution in [0.25, 0.3) is 17.1 Å². The van der Waals surface area contributed by atoms with E-state index in [2.05, 4.69) is 20.7 Å². The topological polar surface area (TPSA) is 113 Å². The van der Waals surface area contributed by atoms with Crippen LogP contribution in [0.2, 0.25) is 5.02 Å². The van der Waals surface area contributed by atoms with Crippen LogP contribution in [-0.2, 0) is 4.79 Å². The largest absolute Gasteiger partial charge is 0.502 e. The first-order valence-corrected chi connectivity index (χ1v) is 12.1. The van der Waals surface area contributed by atoms with Crippen molar-refractivity contribution in [3.8, 4) is 34.3 Å². The molecule has 1 amide bonds. The van der Waals surface area contributed by atoms with Gasteiger partial charge in [-0.05, 0) is 60.3 Å². The highest BCUT2D eigenvalue weighted by Crippen LogP contribution is 2.36. The summed E-state index contributed by atoms with van der Waals surface area (Å²) in [7, 11) is 2.87. The Kier molecular flexibility index (Phi) is 8.09. The van der Waals surface area contributed by atoms with E-state index < -0.39 is 0 Å². The summed E-state index contributed by atoms with van der Waals surface area (Å²) in [6.45, 7) is 0. The zero-order valence-electron chi connectivity index (χ0n) is 19.4. The van der Waals surface area contributed by atoms with Crippen molar-refractivity contribution in [2.75, 3.05) is 20.0 Å². The van der Waals surface area contributed by atoms with Crippen LogP contribution < -0.4 is 19.5 Å². The minimum Gasteiger partial charge on any atom is -0.502 e. The van der Waals surface area contributed by atoms with E-state index in [9.17, 15) is 9.90 Å². The molecule has 184 valence electrons. The van der Waals surface area contributed by atoms with Crippen LogP contribution in [0, 0.1) is 0 Å². The number of carbonyl (C=O) groups is 1. The maximum absolute atomic E-state index is 12.5. The number of benzene rings is 3. The van der Waals surface area contributed by atoms with Crippen LogP contribution >= 0.6 is 23.4 Å². The molecule has 0 aliphatic carbocycles. The summed E-state index contributed by atoms with van der Waals surface area (Å²) >= 11 is 7.33. The van der Waals surface area contributed by atoms with Crippen molar-refractivity contribution in [1.82, 2.24) is 15.6 Å². The van der Waals surface area contributed by atoms with Crippen LogP contribution in [-0.4, -0.2) is 47.4 Å². The lowest BCUT2D eigenvalue weighted by molar-refractivity contribution is -0.625. The molecule has 1 aromatic heterocycles. The van der Waals surface area contributed by atoms with Crippen LogP contribution in [0.1, 0.15) is 5.56 Å². The van der Waals surface area contributed by atoms with Gasteiger partial charge in [0.25, 0.3) is 11.7 Å². The maximum Gasteiger partial charge on any atom is 0.342 e. The number of carbonyl (C=O) groups excluding carboxylic acids is 1. The van der Waals surface area contributed by atoms with E-state index in [4.69, 9.17) is 21.1 Å². The molecule has 1 heterocycles. The smallest absolute Gasteiger partial charge is 0.342 e. The molecule has 0 aliphatic rings. The van der Waals surface area contributed by atoms with Crippen LogP contribution in [0.3, 0.4) is 0 Å². The minimum absolute atomic E-state index is 0.0756. The van der Waals surface area contributed by atoms with Gasteiger partial charge in [-0.2, -0.15) is 9.67 Å². The van der Waals surface area contributed by atoms with E-state index in [0.29, 0.717) is 15.7 Å². The van der Waals surface area contributed by atoms with E-state index in [-0.39, 0.29) is 28.9 Å². The van der Waals surface area contributed by atoms with Gasteiger partial charge in [0.05, 0.1) is 36.8 Å². The van der Waals surface area contributed by atoms with Crippen molar-refractivity contribution in [2.24, 2.45) is 5.10 Å². The van der Waals surface area contributed by atoms with E-state index in [1.54, 1.807) is 24.3 Å². The van der Waals surface area contributed by atoms with Crippen molar-refractivity contribution in [2.45, 2.75) is 5.16 Å². The molecule has 36 heavy (non-hydrogen) atoms. The van der Waals surface area contributed by atoms with Crippen LogP contribution in [0.4, 0.5) is 0 Å². The van der Waals surface area contributed by atoms with Gasteiger partial charge in [0.2, 0.25) is 5.75 Å². The summed E-state index contributed by atoms with van der Waals surface area (Å²) in [5.41, 5.74) is 4.87. The number of nitrogens with one attached hydrogen (secondary N) is 2. The Labute approximate surface area is 216 Å². The molecule has 3 aromatic carbocycles. The van der Waals surface area contributed by atoms with Crippen molar-refractivity contribution in [3.05, 3.63) is 77.3 Å². The highest BCUT2D eigenvalue weighted by Gasteiger charge is 2.24. The third-order valence-corrected chi connectivity index (χ3v) is 6.23. The van der Waals surface area contributed by atoms with Gasteiger partial charge in [-0.25, -0.2) is 5.43 Å². The van der Waals surface area contributed by atoms with Crippen LogP contribution in [0.15, 0.2) is 77.0 Å². The Morgan fingerprint density at radius 3 is 2.44 bits per heavy atom. The minimum atomic E-state index is -0.319. The number of halogens is 1. The number of hydrazone groups is 1. The number of phenolic OH excluding ortho intramolecular Hbond substituents is 1. The summed E-state index contributed by atoms with van der Waals surface area (Å²) in [6, 6.07) is 20.3. The number of methoxy groups -OCH3 is 2. The van der Waals surface area contributed by atoms with E-state index in [0.717, 1.165) is 17.1 Å². The highest BCUT2D eigenvalue weighted by molar-refractivity contribution is 7.99. The SMILES string of the molecule is COc1cc(/C=N/NC(=O)CSc2n[nH]c(-c3ccccc3)[n+]2-c2ccc(Cl)cc2)cc(OC)c1O. The van der Waals surface area contributed by atoms with Crippen molar-refractivity contribution in [3.63, 3.8) is 0 Å². The van der Waals surface area contributed by atoms with Gasteiger partial charge in [0.1, 0.15) is 5.69 Å². The molecule has 0 fully saturated rings. The lowest BCUT2D eigenvalue weighted by Crippen LogP contribution is -2.34. The molecule has 0 saturated carbocycles. The quantitative estimate of drug-likeness (QED) is 0.132. The Balaban J connectivity index is 1.48. The van der Waals surface area contributed by atoms with E-state index in [1.807, 2.05) is 47.0 Å². The van der Waals surface area contributed by atoms with Gasteiger partial charge in [0.15, 0.2) is 11.5 Å². The number of hydrogen-bond acceptors (Lipinski definition) is 7. The highest BCUT2D eigenvalue weighted by atomic mass is 35.5. The third kappa shape index (κ3) is 5.78. The number of aromatic amines is 1. The van der Waals surface area contributed by atoms with Crippen molar-refractivity contribution < 1.29 is 23.9 Å². The summed E-state index contributed by atoms with van der Waals surface area (Å²) in [5, 5.41) is 22.7. The zero-order chi connectivity index (χ0) is 25.5. The number of nitrogens with zero attached hydrogens (tertiary/aromatic N) is 3. The molecular formula is C25H23ClN5O4S+. The van der Waals surface area contributed by atoms with E-state index >= 15 is 0 Å². The Morgan fingerprint density at radius 1 is 1.14 bits per heavy atom. The number of H-pyrrole nitrogens is 1. The number of thioether (sulfide) groups is 1. The number of amides is 1. The molecule has 4 rings (SSSR count). The molecular weight excluding hydrogens is 502 g/mol. The number of rotatable bonds is 9. The second-order valence-corrected chi connectivity index (χ2v) is 8.77. The molecule has 0 unspecified atom stereocenters. The fraction of sp³-hybridized carbons (Fsp3) is 0.120. The Bertz CT molecular complexity index is 1350. The molecule has 0 bridgehead atoms. The summed E-state index contributed by atoms with van der Waals surface area (Å²) in [5.74, 6) is 0.886. The summed E-state index contributed by atoms with van der Waals surface area (Å²) in [6.07, 6.45) is 1.43. The molecule has 4 aromatic rings. The first kappa shape index (κ1) is 25.1. The lowest BCUT2D eigenvalue weighted by Gasteiger charge is -2.09. The summed E-state index contributed by atoms with van der Waals surface area (Å²) < 4.78 is 12.2. The molecule has 0 saturated heterocycles. The fourth-order valence-corrected chi connectivity index (χ4v) is 4.23. The Hall–Kier alpha value is -4.02. The van der Waals surface area contributed by atoms with Crippen molar-refractivity contribution >= 4 is 35.5 Å². The van der Waals surface area contributed by atoms with Crippen molar-refractivity contribution in [1.29, 1.82) is 0 Å². The summed E-state index contributed by atoms with van der Waals surface area (Å²) in [4.78, 5) is 12.5. The number of ether oxygens (including phenoxy) is 2. The number of aromatic nitrogens is 3. The van der Waals surface area contributed by atoms with Crippen LogP contribution in [0.5, 0.6) is 17.2 Å². The van der Waals surface area contributed by atoms with Gasteiger partial charge in [0, 0.05) is 10.6 Å². The predicted octanol–water partition coefficient (Wildman–Crippen LogP) is 3.97. The molecule has 0 atom stereocenters. The molecule has 9 nitrogen and oxygen atoms in total. The molecule has 0 aliphatic heterocycles.